The van der Waals surface area contributed by atoms with Crippen molar-refractivity contribution in [3.63, 3.8) is 0 Å². The quantitative estimate of drug-likeness (QED) is 0.639. The molecule has 0 radical (unpaired) electrons. The topological polar surface area (TPSA) is 77.5 Å². The maximum Gasteiger partial charge on any atom is 0.311 e. The van der Waals surface area contributed by atoms with E-state index in [0.717, 1.165) is 17.9 Å². The third kappa shape index (κ3) is 3.25. The van der Waals surface area contributed by atoms with E-state index < -0.39 is 4.92 Å². The third-order valence-corrected chi connectivity index (χ3v) is 2.66. The van der Waals surface area contributed by atoms with Gasteiger partial charge in [-0.2, -0.15) is 0 Å². The molecule has 0 unspecified atom stereocenters. The van der Waals surface area contributed by atoms with Crippen molar-refractivity contribution < 1.29 is 14.1 Å². The molecule has 0 fully saturated rings. The number of nitro benzene ring substituents is 1. The molecule has 0 amide bonds. The van der Waals surface area contributed by atoms with E-state index in [0.29, 0.717) is 6.54 Å². The monoisotopic (exact) mass is 262 g/mol. The Kier molecular flexibility index (Phi) is 4.02. The highest BCUT2D eigenvalue weighted by molar-refractivity contribution is 5.57. The zero-order chi connectivity index (χ0) is 13.7. The molecule has 1 heterocycles. The zero-order valence-electron chi connectivity index (χ0n) is 10.5. The number of furan rings is 1. The second-order valence-corrected chi connectivity index (χ2v) is 3.90. The Hall–Kier alpha value is -2.50. The molecule has 1 N–H and O–H groups in total. The third-order valence-electron chi connectivity index (χ3n) is 2.66. The first-order chi connectivity index (χ1) is 9.20. The van der Waals surface area contributed by atoms with Gasteiger partial charge in [0, 0.05) is 30.8 Å². The fourth-order valence-corrected chi connectivity index (χ4v) is 1.72. The molecule has 2 aromatic rings. The molecule has 6 nitrogen and oxygen atoms in total. The number of rotatable bonds is 6. The lowest BCUT2D eigenvalue weighted by Crippen LogP contribution is -2.04. The SMILES string of the molecule is COc1cc(NCCc2ccco2)ccc1[N+](=O)[O-]. The molecule has 2 rings (SSSR count). The Morgan fingerprint density at radius 3 is 2.89 bits per heavy atom. The summed E-state index contributed by atoms with van der Waals surface area (Å²) in [7, 11) is 1.41. The first kappa shape index (κ1) is 12.9. The average Bonchev–Trinajstić information content (AvgIpc) is 2.91. The van der Waals surface area contributed by atoms with Gasteiger partial charge in [-0.3, -0.25) is 10.1 Å². The second-order valence-electron chi connectivity index (χ2n) is 3.90. The Morgan fingerprint density at radius 2 is 2.26 bits per heavy atom. The van der Waals surface area contributed by atoms with E-state index in [1.807, 2.05) is 12.1 Å². The average molecular weight is 262 g/mol. The predicted molar refractivity (Wildman–Crippen MR) is 70.6 cm³/mol. The summed E-state index contributed by atoms with van der Waals surface area (Å²) in [4.78, 5) is 10.3. The van der Waals surface area contributed by atoms with Gasteiger partial charge < -0.3 is 14.5 Å². The van der Waals surface area contributed by atoms with Gasteiger partial charge in [0.1, 0.15) is 5.76 Å². The lowest BCUT2D eigenvalue weighted by atomic mass is 10.2. The molecule has 0 saturated carbocycles. The minimum atomic E-state index is -0.467. The number of hydrogen-bond donors (Lipinski definition) is 1. The van der Waals surface area contributed by atoms with Crippen LogP contribution in [-0.4, -0.2) is 18.6 Å². The summed E-state index contributed by atoms with van der Waals surface area (Å²) in [6, 6.07) is 8.43. The van der Waals surface area contributed by atoms with Crippen molar-refractivity contribution in [2.24, 2.45) is 0 Å². The van der Waals surface area contributed by atoms with Crippen molar-refractivity contribution in [1.29, 1.82) is 0 Å². The number of methoxy groups -OCH3 is 1. The predicted octanol–water partition coefficient (Wildman–Crippen LogP) is 2.85. The van der Waals surface area contributed by atoms with Crippen LogP contribution in [0.4, 0.5) is 11.4 Å². The molecular weight excluding hydrogens is 248 g/mol. The molecule has 0 aliphatic heterocycles. The summed E-state index contributed by atoms with van der Waals surface area (Å²) in [6.07, 6.45) is 2.37. The number of benzene rings is 1. The first-order valence-corrected chi connectivity index (χ1v) is 5.79. The van der Waals surface area contributed by atoms with Crippen LogP contribution in [0.1, 0.15) is 5.76 Å². The van der Waals surface area contributed by atoms with E-state index in [4.69, 9.17) is 9.15 Å². The fraction of sp³-hybridized carbons (Fsp3) is 0.231. The van der Waals surface area contributed by atoms with Gasteiger partial charge in [0.15, 0.2) is 5.75 Å². The molecule has 0 saturated heterocycles. The van der Waals surface area contributed by atoms with Crippen molar-refractivity contribution in [3.8, 4) is 5.75 Å². The van der Waals surface area contributed by atoms with E-state index in [-0.39, 0.29) is 11.4 Å². The van der Waals surface area contributed by atoms with E-state index in [1.165, 1.54) is 13.2 Å². The van der Waals surface area contributed by atoms with Gasteiger partial charge in [0.05, 0.1) is 18.3 Å². The highest BCUT2D eigenvalue weighted by Crippen LogP contribution is 2.29. The van der Waals surface area contributed by atoms with Gasteiger partial charge >= 0.3 is 5.69 Å². The molecule has 0 atom stereocenters. The lowest BCUT2D eigenvalue weighted by molar-refractivity contribution is -0.385. The molecule has 0 bridgehead atoms. The van der Waals surface area contributed by atoms with Crippen LogP contribution in [0.2, 0.25) is 0 Å². The highest BCUT2D eigenvalue weighted by Gasteiger charge is 2.14. The van der Waals surface area contributed by atoms with E-state index in [2.05, 4.69) is 5.32 Å². The van der Waals surface area contributed by atoms with Gasteiger partial charge in [0.25, 0.3) is 0 Å². The molecule has 19 heavy (non-hydrogen) atoms. The van der Waals surface area contributed by atoms with Crippen LogP contribution in [0.25, 0.3) is 0 Å². The number of nitrogens with one attached hydrogen (secondary N) is 1. The second kappa shape index (κ2) is 5.90. The largest absolute Gasteiger partial charge is 0.490 e. The maximum atomic E-state index is 10.8. The van der Waals surface area contributed by atoms with Crippen LogP contribution in [0.15, 0.2) is 41.0 Å². The van der Waals surface area contributed by atoms with Crippen molar-refractivity contribution in [1.82, 2.24) is 0 Å². The normalized spacial score (nSPS) is 10.2. The van der Waals surface area contributed by atoms with Gasteiger partial charge in [-0.05, 0) is 18.2 Å². The standard InChI is InChI=1S/C13H14N2O4/c1-18-13-9-10(4-5-12(13)15(16)17)14-7-6-11-3-2-8-19-11/h2-5,8-9,14H,6-7H2,1H3. The molecular formula is C13H14N2O4. The molecule has 1 aromatic heterocycles. The summed E-state index contributed by atoms with van der Waals surface area (Å²) < 4.78 is 10.2. The lowest BCUT2D eigenvalue weighted by Gasteiger charge is -2.07. The molecule has 0 aliphatic rings. The van der Waals surface area contributed by atoms with Gasteiger partial charge in [-0.1, -0.05) is 0 Å². The zero-order valence-corrected chi connectivity index (χ0v) is 10.5. The van der Waals surface area contributed by atoms with Crippen LogP contribution in [0.3, 0.4) is 0 Å². The minimum absolute atomic E-state index is 0.0425. The van der Waals surface area contributed by atoms with Crippen molar-refractivity contribution in [2.75, 3.05) is 19.0 Å². The first-order valence-electron chi connectivity index (χ1n) is 5.79. The van der Waals surface area contributed by atoms with E-state index >= 15 is 0 Å². The van der Waals surface area contributed by atoms with Gasteiger partial charge in [-0.15, -0.1) is 0 Å². The van der Waals surface area contributed by atoms with Crippen molar-refractivity contribution >= 4 is 11.4 Å². The number of ether oxygens (including phenoxy) is 1. The molecule has 0 aliphatic carbocycles. The van der Waals surface area contributed by atoms with Crippen LogP contribution < -0.4 is 10.1 Å². The number of nitrogens with zero attached hydrogens (tertiary/aromatic N) is 1. The molecule has 100 valence electrons. The van der Waals surface area contributed by atoms with Gasteiger partial charge in [0.2, 0.25) is 0 Å². The molecule has 0 spiro atoms. The summed E-state index contributed by atoms with van der Waals surface area (Å²) in [5.74, 6) is 1.13. The molecule has 1 aromatic carbocycles. The highest BCUT2D eigenvalue weighted by atomic mass is 16.6. The summed E-state index contributed by atoms with van der Waals surface area (Å²) in [6.45, 7) is 0.675. The summed E-state index contributed by atoms with van der Waals surface area (Å²) in [5.41, 5.74) is 0.730. The fourth-order valence-electron chi connectivity index (χ4n) is 1.72. The summed E-state index contributed by atoms with van der Waals surface area (Å²) in [5, 5.41) is 13.9. The van der Waals surface area contributed by atoms with Crippen LogP contribution in [0, 0.1) is 10.1 Å². The van der Waals surface area contributed by atoms with E-state index in [1.54, 1.807) is 18.4 Å². The van der Waals surface area contributed by atoms with Crippen molar-refractivity contribution in [3.05, 3.63) is 52.5 Å². The number of hydrogen-bond acceptors (Lipinski definition) is 5. The Balaban J connectivity index is 1.99. The maximum absolute atomic E-state index is 10.8. The Bertz CT molecular complexity index is 552. The van der Waals surface area contributed by atoms with Crippen LogP contribution >= 0.6 is 0 Å². The van der Waals surface area contributed by atoms with Crippen LogP contribution in [0.5, 0.6) is 5.75 Å². The van der Waals surface area contributed by atoms with Crippen LogP contribution in [-0.2, 0) is 6.42 Å². The smallest absolute Gasteiger partial charge is 0.311 e. The summed E-state index contributed by atoms with van der Waals surface area (Å²) >= 11 is 0. The van der Waals surface area contributed by atoms with E-state index in [9.17, 15) is 10.1 Å². The Labute approximate surface area is 110 Å². The van der Waals surface area contributed by atoms with Crippen molar-refractivity contribution in [2.45, 2.75) is 6.42 Å². The minimum Gasteiger partial charge on any atom is -0.490 e. The number of anilines is 1. The Morgan fingerprint density at radius 1 is 1.42 bits per heavy atom. The molecule has 6 heteroatoms. The number of nitro groups is 1. The van der Waals surface area contributed by atoms with Gasteiger partial charge in [-0.25, -0.2) is 0 Å².